The number of carbonyl (C=O) groups is 1. The summed E-state index contributed by atoms with van der Waals surface area (Å²) in [6.07, 6.45) is 2.03. The quantitative estimate of drug-likeness (QED) is 0.751. The van der Waals surface area contributed by atoms with Gasteiger partial charge in [0.1, 0.15) is 0 Å². The Balaban J connectivity index is 1.90. The Hall–Kier alpha value is -1.39. The molecule has 1 fully saturated rings. The van der Waals surface area contributed by atoms with E-state index < -0.39 is 11.6 Å². The van der Waals surface area contributed by atoms with E-state index >= 15 is 0 Å². The number of amides is 1. The largest absolute Gasteiger partial charge is 0.387 e. The van der Waals surface area contributed by atoms with Crippen LogP contribution in [0.15, 0.2) is 30.3 Å². The summed E-state index contributed by atoms with van der Waals surface area (Å²) in [6, 6.07) is 9.39. The summed E-state index contributed by atoms with van der Waals surface area (Å²) in [5.41, 5.74) is 0.392. The fourth-order valence-electron chi connectivity index (χ4n) is 2.61. The molecule has 2 rings (SSSR count). The molecular formula is C15H22N2O2. The molecule has 1 heterocycles. The van der Waals surface area contributed by atoms with Gasteiger partial charge in [-0.05, 0) is 31.4 Å². The van der Waals surface area contributed by atoms with Crippen LogP contribution < -0.4 is 10.6 Å². The Bertz CT molecular complexity index is 413. The van der Waals surface area contributed by atoms with Crippen molar-refractivity contribution >= 4 is 5.91 Å². The normalized spacial score (nSPS) is 24.1. The van der Waals surface area contributed by atoms with E-state index in [1.54, 1.807) is 0 Å². The molecule has 1 aromatic carbocycles. The zero-order valence-electron chi connectivity index (χ0n) is 11.4. The Labute approximate surface area is 114 Å². The van der Waals surface area contributed by atoms with Crippen molar-refractivity contribution in [3.8, 4) is 0 Å². The Morgan fingerprint density at radius 3 is 2.79 bits per heavy atom. The SMILES string of the molecule is CCC1(C(=O)NCC(O)c2ccccc2)CCCN1. The zero-order chi connectivity index (χ0) is 13.7. The highest BCUT2D eigenvalue weighted by Gasteiger charge is 2.38. The van der Waals surface area contributed by atoms with Gasteiger partial charge in [0, 0.05) is 6.54 Å². The molecule has 1 aliphatic rings. The van der Waals surface area contributed by atoms with Gasteiger partial charge in [0.2, 0.25) is 5.91 Å². The molecule has 1 aromatic rings. The average Bonchev–Trinajstić information content (AvgIpc) is 2.95. The fraction of sp³-hybridized carbons (Fsp3) is 0.533. The maximum Gasteiger partial charge on any atom is 0.240 e. The molecule has 0 aromatic heterocycles. The van der Waals surface area contributed by atoms with Crippen LogP contribution in [0.1, 0.15) is 37.9 Å². The molecule has 3 N–H and O–H groups in total. The third-order valence-electron chi connectivity index (χ3n) is 3.92. The first-order chi connectivity index (χ1) is 9.18. The predicted molar refractivity (Wildman–Crippen MR) is 74.7 cm³/mol. The third kappa shape index (κ3) is 3.14. The summed E-state index contributed by atoms with van der Waals surface area (Å²) in [7, 11) is 0. The minimum atomic E-state index is -0.652. The minimum Gasteiger partial charge on any atom is -0.387 e. The van der Waals surface area contributed by atoms with E-state index in [9.17, 15) is 9.90 Å². The van der Waals surface area contributed by atoms with Crippen LogP contribution in [-0.4, -0.2) is 29.6 Å². The van der Waals surface area contributed by atoms with Gasteiger partial charge in [-0.15, -0.1) is 0 Å². The van der Waals surface area contributed by atoms with Gasteiger partial charge in [0.05, 0.1) is 11.6 Å². The summed E-state index contributed by atoms with van der Waals surface area (Å²) in [5.74, 6) is 0.00230. The molecular weight excluding hydrogens is 240 g/mol. The van der Waals surface area contributed by atoms with Crippen molar-refractivity contribution in [1.29, 1.82) is 0 Å². The lowest BCUT2D eigenvalue weighted by Gasteiger charge is -2.27. The third-order valence-corrected chi connectivity index (χ3v) is 3.92. The van der Waals surface area contributed by atoms with E-state index in [0.29, 0.717) is 0 Å². The van der Waals surface area contributed by atoms with E-state index in [2.05, 4.69) is 10.6 Å². The van der Waals surface area contributed by atoms with Gasteiger partial charge in [0.25, 0.3) is 0 Å². The number of aliphatic hydroxyl groups is 1. The van der Waals surface area contributed by atoms with E-state index in [1.807, 2.05) is 37.3 Å². The van der Waals surface area contributed by atoms with E-state index in [4.69, 9.17) is 0 Å². The first-order valence-corrected chi connectivity index (χ1v) is 6.94. The van der Waals surface area contributed by atoms with Crippen LogP contribution in [0.3, 0.4) is 0 Å². The minimum absolute atomic E-state index is 0.00230. The molecule has 1 aliphatic heterocycles. The molecule has 104 valence electrons. The number of aliphatic hydroxyl groups excluding tert-OH is 1. The van der Waals surface area contributed by atoms with Crippen molar-refractivity contribution in [2.45, 2.75) is 37.8 Å². The van der Waals surface area contributed by atoms with E-state index in [1.165, 1.54) is 0 Å². The van der Waals surface area contributed by atoms with Crippen LogP contribution in [0.5, 0.6) is 0 Å². The molecule has 0 aliphatic carbocycles. The number of benzene rings is 1. The monoisotopic (exact) mass is 262 g/mol. The highest BCUT2D eigenvalue weighted by Crippen LogP contribution is 2.23. The van der Waals surface area contributed by atoms with Gasteiger partial charge >= 0.3 is 0 Å². The molecule has 0 saturated carbocycles. The number of hydrogen-bond acceptors (Lipinski definition) is 3. The van der Waals surface area contributed by atoms with Gasteiger partial charge in [0.15, 0.2) is 0 Å². The highest BCUT2D eigenvalue weighted by molar-refractivity contribution is 5.86. The summed E-state index contributed by atoms with van der Waals surface area (Å²) in [6.45, 7) is 3.17. The lowest BCUT2D eigenvalue weighted by Crippen LogP contribution is -2.53. The van der Waals surface area contributed by atoms with Gasteiger partial charge < -0.3 is 15.7 Å². The summed E-state index contributed by atoms with van der Waals surface area (Å²) in [4.78, 5) is 12.2. The van der Waals surface area contributed by atoms with Crippen LogP contribution in [0.2, 0.25) is 0 Å². The van der Waals surface area contributed by atoms with Crippen LogP contribution >= 0.6 is 0 Å². The van der Waals surface area contributed by atoms with Crippen LogP contribution in [0, 0.1) is 0 Å². The smallest absolute Gasteiger partial charge is 0.240 e. The summed E-state index contributed by atoms with van der Waals surface area (Å²) >= 11 is 0. The van der Waals surface area contributed by atoms with E-state index in [-0.39, 0.29) is 12.5 Å². The topological polar surface area (TPSA) is 61.4 Å². The van der Waals surface area contributed by atoms with Crippen molar-refractivity contribution in [3.05, 3.63) is 35.9 Å². The number of rotatable bonds is 5. The maximum atomic E-state index is 12.2. The Morgan fingerprint density at radius 2 is 2.21 bits per heavy atom. The molecule has 1 amide bonds. The van der Waals surface area contributed by atoms with Crippen LogP contribution in [0.25, 0.3) is 0 Å². The molecule has 0 spiro atoms. The van der Waals surface area contributed by atoms with Crippen molar-refractivity contribution in [2.24, 2.45) is 0 Å². The molecule has 4 nitrogen and oxygen atoms in total. The fourth-order valence-corrected chi connectivity index (χ4v) is 2.61. The van der Waals surface area contributed by atoms with Crippen molar-refractivity contribution < 1.29 is 9.90 Å². The average molecular weight is 262 g/mol. The number of hydrogen-bond donors (Lipinski definition) is 3. The van der Waals surface area contributed by atoms with Gasteiger partial charge in [-0.3, -0.25) is 4.79 Å². The van der Waals surface area contributed by atoms with Crippen molar-refractivity contribution in [3.63, 3.8) is 0 Å². The first kappa shape index (κ1) is 14.0. The maximum absolute atomic E-state index is 12.2. The summed E-state index contributed by atoms with van der Waals surface area (Å²) < 4.78 is 0. The summed E-state index contributed by atoms with van der Waals surface area (Å²) in [5, 5.41) is 16.2. The predicted octanol–water partition coefficient (Wildman–Crippen LogP) is 1.37. The second-order valence-electron chi connectivity index (χ2n) is 5.10. The second-order valence-corrected chi connectivity index (χ2v) is 5.10. The molecule has 1 saturated heterocycles. The highest BCUT2D eigenvalue weighted by atomic mass is 16.3. The molecule has 19 heavy (non-hydrogen) atoms. The van der Waals surface area contributed by atoms with Gasteiger partial charge in [-0.25, -0.2) is 0 Å². The molecule has 2 unspecified atom stereocenters. The van der Waals surface area contributed by atoms with Gasteiger partial charge in [-0.2, -0.15) is 0 Å². The Morgan fingerprint density at radius 1 is 1.47 bits per heavy atom. The van der Waals surface area contributed by atoms with Crippen LogP contribution in [0.4, 0.5) is 0 Å². The molecule has 0 radical (unpaired) electrons. The second kappa shape index (κ2) is 6.17. The molecule has 2 atom stereocenters. The first-order valence-electron chi connectivity index (χ1n) is 6.94. The molecule has 0 bridgehead atoms. The Kier molecular flexibility index (Phi) is 4.56. The van der Waals surface area contributed by atoms with Gasteiger partial charge in [-0.1, -0.05) is 37.3 Å². The van der Waals surface area contributed by atoms with E-state index in [0.717, 1.165) is 31.4 Å². The lowest BCUT2D eigenvalue weighted by molar-refractivity contribution is -0.127. The van der Waals surface area contributed by atoms with Crippen molar-refractivity contribution in [2.75, 3.05) is 13.1 Å². The molecule has 4 heteroatoms. The zero-order valence-corrected chi connectivity index (χ0v) is 11.4. The van der Waals surface area contributed by atoms with Crippen LogP contribution in [-0.2, 0) is 4.79 Å². The number of carbonyl (C=O) groups excluding carboxylic acids is 1. The van der Waals surface area contributed by atoms with Crippen molar-refractivity contribution in [1.82, 2.24) is 10.6 Å². The standard InChI is InChI=1S/C15H22N2O2/c1-2-15(9-6-10-17-15)14(19)16-11-13(18)12-7-4-3-5-8-12/h3-5,7-8,13,17-18H,2,6,9-11H2,1H3,(H,16,19). The lowest BCUT2D eigenvalue weighted by atomic mass is 9.93. The number of nitrogens with one attached hydrogen (secondary N) is 2.